The van der Waals surface area contributed by atoms with Gasteiger partial charge >= 0.3 is 21.7 Å². The van der Waals surface area contributed by atoms with Gasteiger partial charge < -0.3 is 49.2 Å². The molecule has 8 heteroatoms. The first kappa shape index (κ1) is 33.9. The molecule has 0 fully saturated rings. The minimum absolute atomic E-state index is 0. The van der Waals surface area contributed by atoms with Crippen LogP contribution in [0.1, 0.15) is 6.42 Å². The van der Waals surface area contributed by atoms with Crippen molar-refractivity contribution < 1.29 is 50.9 Å². The maximum absolute atomic E-state index is 8.20. The molecule has 0 atom stereocenters. The fourth-order valence-electron chi connectivity index (χ4n) is 0.618. The number of ether oxygens (including phenoxy) is 4. The number of aliphatic hydroxyl groups excluding tert-OH is 2. The van der Waals surface area contributed by atoms with Crippen molar-refractivity contribution in [3.05, 3.63) is 14.4 Å². The molecule has 0 rings (SSSR count). The van der Waals surface area contributed by atoms with Gasteiger partial charge in [-0.2, -0.15) is 6.42 Å². The van der Waals surface area contributed by atoms with Crippen LogP contribution < -0.4 is 5.73 Å². The molecule has 0 heterocycles. The van der Waals surface area contributed by atoms with Crippen LogP contribution in [0, 0.1) is 14.4 Å². The average Bonchev–Trinajstić information content (AvgIpc) is 2.49. The van der Waals surface area contributed by atoms with Gasteiger partial charge in [-0.15, -0.1) is 0 Å². The third-order valence-corrected chi connectivity index (χ3v) is 1.54. The largest absolute Gasteiger partial charge is 2.00 e. The zero-order valence-electron chi connectivity index (χ0n) is 14.4. The van der Waals surface area contributed by atoms with Crippen LogP contribution in [0.3, 0.4) is 0 Å². The molecule has 0 aliphatic carbocycles. The van der Waals surface area contributed by atoms with Crippen molar-refractivity contribution in [1.29, 1.82) is 0 Å². The minimum atomic E-state index is 0. The minimum Gasteiger partial charge on any atom is -0.394 e. The fraction of sp³-hybridized carbons (Fsp3) is 0.857. The first-order valence-electron chi connectivity index (χ1n) is 6.59. The number of rotatable bonds is 11. The summed E-state index contributed by atoms with van der Waals surface area (Å²) in [6.07, 6.45) is 0.847. The molecule has 0 amide bonds. The van der Waals surface area contributed by atoms with E-state index >= 15 is 0 Å². The molecule has 7 nitrogen and oxygen atoms in total. The van der Waals surface area contributed by atoms with Crippen molar-refractivity contribution in [1.82, 2.24) is 0 Å². The number of hydrogen-bond donors (Lipinski definition) is 3. The summed E-state index contributed by atoms with van der Waals surface area (Å²) in [5, 5.41) is 16.4. The molecule has 0 saturated carbocycles. The Morgan fingerprint density at radius 3 is 1.32 bits per heavy atom. The third-order valence-electron chi connectivity index (χ3n) is 1.54. The van der Waals surface area contributed by atoms with E-state index in [1.807, 2.05) is 0 Å². The summed E-state index contributed by atoms with van der Waals surface area (Å²) in [6.45, 7) is 7.50. The van der Waals surface area contributed by atoms with Crippen molar-refractivity contribution in [3.8, 4) is 0 Å². The van der Waals surface area contributed by atoms with Crippen molar-refractivity contribution >= 4 is 0 Å². The molecule has 0 aromatic rings. The Balaban J connectivity index is -0.0000000661. The van der Waals surface area contributed by atoms with Gasteiger partial charge in [0.15, 0.2) is 0 Å². The summed E-state index contributed by atoms with van der Waals surface area (Å²) < 4.78 is 19.1. The summed E-state index contributed by atoms with van der Waals surface area (Å²) in [6, 6.07) is 0. The molecule has 0 aliphatic rings. The van der Waals surface area contributed by atoms with Crippen LogP contribution in [-0.4, -0.2) is 83.8 Å². The Labute approximate surface area is 151 Å². The normalized spacial score (nSPS) is 8.45. The first-order valence-corrected chi connectivity index (χ1v) is 6.59. The molecule has 0 aliphatic heterocycles. The predicted octanol–water partition coefficient (Wildman–Crippen LogP) is -0.0995. The Kier molecular flexibility index (Phi) is 66.2. The van der Waals surface area contributed by atoms with Gasteiger partial charge in [0.2, 0.25) is 0 Å². The molecule has 0 bridgehead atoms. The van der Waals surface area contributed by atoms with Gasteiger partial charge in [0.1, 0.15) is 0 Å². The van der Waals surface area contributed by atoms with Crippen molar-refractivity contribution in [2.45, 2.75) is 6.42 Å². The maximum Gasteiger partial charge on any atom is 2.00 e. The number of nitrogens with two attached hydrogens (primary N) is 1. The van der Waals surface area contributed by atoms with Crippen LogP contribution in [0.15, 0.2) is 0 Å². The summed E-state index contributed by atoms with van der Waals surface area (Å²) in [7, 11) is 3.23. The standard InChI is InChI=1S/2C5H12O3.C3H8N.CH3.Ti/c2*1-7-4-5-8-3-2-6;1-2-3-4;;/h2*6H,2-5H2,1H3;1-4H2;1H3;/q;;2*-1;+2. The van der Waals surface area contributed by atoms with Crippen molar-refractivity contribution in [2.24, 2.45) is 5.73 Å². The molecule has 22 heavy (non-hydrogen) atoms. The van der Waals surface area contributed by atoms with Gasteiger partial charge in [0.25, 0.3) is 0 Å². The van der Waals surface area contributed by atoms with E-state index in [0.717, 1.165) is 6.42 Å². The molecule has 0 aromatic heterocycles. The van der Waals surface area contributed by atoms with Gasteiger partial charge in [-0.05, 0) is 6.54 Å². The van der Waals surface area contributed by atoms with E-state index in [0.29, 0.717) is 46.2 Å². The van der Waals surface area contributed by atoms with Gasteiger partial charge in [-0.1, -0.05) is 0 Å². The van der Waals surface area contributed by atoms with Gasteiger partial charge in [-0.25, -0.2) is 0 Å². The Morgan fingerprint density at radius 1 is 0.818 bits per heavy atom. The van der Waals surface area contributed by atoms with E-state index in [1.54, 1.807) is 14.2 Å². The van der Waals surface area contributed by atoms with Crippen LogP contribution >= 0.6 is 0 Å². The first-order chi connectivity index (χ1) is 9.74. The Bertz CT molecular complexity index is 110. The van der Waals surface area contributed by atoms with E-state index in [2.05, 4.69) is 16.4 Å². The van der Waals surface area contributed by atoms with Crippen LogP contribution in [-0.2, 0) is 40.7 Å². The summed E-state index contributed by atoms with van der Waals surface area (Å²) in [5.74, 6) is 0. The fourth-order valence-corrected chi connectivity index (χ4v) is 0.618. The summed E-state index contributed by atoms with van der Waals surface area (Å²) in [4.78, 5) is 0. The van der Waals surface area contributed by atoms with Gasteiger partial charge in [0.05, 0.1) is 52.9 Å². The van der Waals surface area contributed by atoms with Crippen LogP contribution in [0.5, 0.6) is 0 Å². The SMILES string of the molecule is COCCOCCO.COCCOCCO.[CH2-]CCN.[CH3-].[Ti+2]. The van der Waals surface area contributed by atoms with Crippen LogP contribution in [0.2, 0.25) is 0 Å². The van der Waals surface area contributed by atoms with E-state index in [9.17, 15) is 0 Å². The number of aliphatic hydroxyl groups is 2. The number of hydrogen-bond acceptors (Lipinski definition) is 7. The molecular formula is C14H35NO6Ti. The second-order valence-electron chi connectivity index (χ2n) is 3.30. The number of methoxy groups -OCH3 is 2. The molecule has 0 unspecified atom stereocenters. The average molecular weight is 361 g/mol. The van der Waals surface area contributed by atoms with Crippen LogP contribution in [0.4, 0.5) is 0 Å². The van der Waals surface area contributed by atoms with E-state index in [4.69, 9.17) is 25.4 Å². The van der Waals surface area contributed by atoms with Gasteiger partial charge in [-0.3, -0.25) is 0 Å². The van der Waals surface area contributed by atoms with Crippen LogP contribution in [0.25, 0.3) is 0 Å². The predicted molar refractivity (Wildman–Crippen MR) is 85.0 cm³/mol. The zero-order valence-corrected chi connectivity index (χ0v) is 15.9. The molecule has 0 aromatic carbocycles. The quantitative estimate of drug-likeness (QED) is 0.268. The second-order valence-corrected chi connectivity index (χ2v) is 3.30. The molecule has 0 spiro atoms. The van der Waals surface area contributed by atoms with Gasteiger partial charge in [0, 0.05) is 14.2 Å². The zero-order chi connectivity index (χ0) is 15.9. The van der Waals surface area contributed by atoms with E-state index < -0.39 is 0 Å². The van der Waals surface area contributed by atoms with E-state index in [1.165, 1.54) is 0 Å². The van der Waals surface area contributed by atoms with E-state index in [-0.39, 0.29) is 42.4 Å². The third kappa shape index (κ3) is 59.0. The monoisotopic (exact) mass is 361 g/mol. The summed E-state index contributed by atoms with van der Waals surface area (Å²) in [5.41, 5.74) is 4.97. The molecule has 0 saturated heterocycles. The smallest absolute Gasteiger partial charge is 0.394 e. The second kappa shape index (κ2) is 43.0. The summed E-state index contributed by atoms with van der Waals surface area (Å²) >= 11 is 0. The van der Waals surface area contributed by atoms with Crippen molar-refractivity contribution in [2.75, 3.05) is 73.6 Å². The Hall–Kier alpha value is 0.434. The molecule has 0 radical (unpaired) electrons. The molecule has 4 N–H and O–H groups in total. The maximum atomic E-state index is 8.20. The molecular weight excluding hydrogens is 326 g/mol. The topological polar surface area (TPSA) is 103 Å². The van der Waals surface area contributed by atoms with Crippen molar-refractivity contribution in [3.63, 3.8) is 0 Å². The Morgan fingerprint density at radius 2 is 1.14 bits per heavy atom. The molecule has 136 valence electrons.